The zero-order valence-corrected chi connectivity index (χ0v) is 14.6. The Labute approximate surface area is 148 Å². The molecule has 130 valence electrons. The molecule has 4 heteroatoms. The van der Waals surface area contributed by atoms with Gasteiger partial charge < -0.3 is 10.2 Å². The van der Waals surface area contributed by atoms with E-state index in [2.05, 4.69) is 12.2 Å². The Morgan fingerprint density at radius 3 is 2.52 bits per heavy atom. The van der Waals surface area contributed by atoms with Crippen LogP contribution in [0.5, 0.6) is 0 Å². The van der Waals surface area contributed by atoms with Crippen LogP contribution in [0.15, 0.2) is 54.6 Å². The number of hydrogen-bond acceptors (Lipinski definition) is 2. The largest absolute Gasteiger partial charge is 0.336 e. The van der Waals surface area contributed by atoms with E-state index in [1.807, 2.05) is 35.2 Å². The molecule has 2 aromatic rings. The number of para-hydroxylation sites is 1. The molecule has 4 nitrogen and oxygen atoms in total. The zero-order valence-electron chi connectivity index (χ0n) is 14.6. The van der Waals surface area contributed by atoms with Crippen LogP contribution in [0.1, 0.15) is 53.3 Å². The van der Waals surface area contributed by atoms with Crippen molar-refractivity contribution in [3.63, 3.8) is 0 Å². The normalized spacial score (nSPS) is 17.2. The van der Waals surface area contributed by atoms with Gasteiger partial charge in [-0.25, -0.2) is 0 Å². The molecule has 1 aliphatic heterocycles. The van der Waals surface area contributed by atoms with Gasteiger partial charge in [-0.2, -0.15) is 0 Å². The summed E-state index contributed by atoms with van der Waals surface area (Å²) in [6.45, 7) is 2.91. The SMILES string of the molecule is CCC1CCCCN1C(=O)c1ccccc1NC(=O)c1ccccc1. The lowest BCUT2D eigenvalue weighted by molar-refractivity contribution is 0.0609. The number of carbonyl (C=O) groups is 2. The molecular formula is C21H24N2O2. The molecule has 1 N–H and O–H groups in total. The smallest absolute Gasteiger partial charge is 0.256 e. The van der Waals surface area contributed by atoms with Gasteiger partial charge in [-0.3, -0.25) is 9.59 Å². The van der Waals surface area contributed by atoms with Crippen LogP contribution in [0.4, 0.5) is 5.69 Å². The van der Waals surface area contributed by atoms with Crippen LogP contribution in [-0.2, 0) is 0 Å². The summed E-state index contributed by atoms with van der Waals surface area (Å²) in [6.07, 6.45) is 4.24. The number of amides is 2. The maximum Gasteiger partial charge on any atom is 0.256 e. The van der Waals surface area contributed by atoms with E-state index in [0.29, 0.717) is 22.9 Å². The Hall–Kier alpha value is -2.62. The van der Waals surface area contributed by atoms with E-state index in [4.69, 9.17) is 0 Å². The van der Waals surface area contributed by atoms with Crippen LogP contribution >= 0.6 is 0 Å². The van der Waals surface area contributed by atoms with Crippen LogP contribution in [-0.4, -0.2) is 29.3 Å². The van der Waals surface area contributed by atoms with Crippen molar-refractivity contribution in [3.05, 3.63) is 65.7 Å². The molecule has 0 aromatic heterocycles. The predicted molar refractivity (Wildman–Crippen MR) is 99.8 cm³/mol. The van der Waals surface area contributed by atoms with Crippen molar-refractivity contribution in [1.82, 2.24) is 4.90 Å². The molecule has 2 amide bonds. The highest BCUT2D eigenvalue weighted by molar-refractivity contribution is 6.09. The molecule has 0 saturated carbocycles. The molecule has 3 rings (SSSR count). The number of benzene rings is 2. The quantitative estimate of drug-likeness (QED) is 0.903. The number of nitrogens with one attached hydrogen (secondary N) is 1. The van der Waals surface area contributed by atoms with E-state index >= 15 is 0 Å². The summed E-state index contributed by atoms with van der Waals surface area (Å²) in [7, 11) is 0. The minimum atomic E-state index is -0.202. The maximum absolute atomic E-state index is 13.1. The first-order valence-electron chi connectivity index (χ1n) is 8.97. The molecule has 1 atom stereocenters. The Kier molecular flexibility index (Phi) is 5.49. The van der Waals surface area contributed by atoms with Crippen LogP contribution < -0.4 is 5.32 Å². The summed E-state index contributed by atoms with van der Waals surface area (Å²) in [5.74, 6) is -0.193. The lowest BCUT2D eigenvalue weighted by Crippen LogP contribution is -2.43. The average Bonchev–Trinajstić information content (AvgIpc) is 2.68. The summed E-state index contributed by atoms with van der Waals surface area (Å²) >= 11 is 0. The number of likely N-dealkylation sites (tertiary alicyclic amines) is 1. The number of nitrogens with zero attached hydrogens (tertiary/aromatic N) is 1. The lowest BCUT2D eigenvalue weighted by atomic mass is 9.98. The summed E-state index contributed by atoms with van der Waals surface area (Å²) in [4.78, 5) is 27.5. The second-order valence-electron chi connectivity index (χ2n) is 6.42. The number of rotatable bonds is 4. The van der Waals surface area contributed by atoms with E-state index in [0.717, 1.165) is 25.8 Å². The van der Waals surface area contributed by atoms with Crippen LogP contribution in [0, 0.1) is 0 Å². The van der Waals surface area contributed by atoms with Crippen molar-refractivity contribution in [2.75, 3.05) is 11.9 Å². The number of carbonyl (C=O) groups excluding carboxylic acids is 2. The molecule has 2 aromatic carbocycles. The fraction of sp³-hybridized carbons (Fsp3) is 0.333. The summed E-state index contributed by atoms with van der Waals surface area (Å²) in [5.41, 5.74) is 1.71. The van der Waals surface area contributed by atoms with Gasteiger partial charge >= 0.3 is 0 Å². The van der Waals surface area contributed by atoms with Gasteiger partial charge in [0.25, 0.3) is 11.8 Å². The Bertz CT molecular complexity index is 743. The standard InChI is InChI=1S/C21H24N2O2/c1-2-17-12-8-9-15-23(17)21(25)18-13-6-7-14-19(18)22-20(24)16-10-4-3-5-11-16/h3-7,10-11,13-14,17H,2,8-9,12,15H2,1H3,(H,22,24). The van der Waals surface area contributed by atoms with Crippen molar-refractivity contribution < 1.29 is 9.59 Å². The third-order valence-electron chi connectivity index (χ3n) is 4.80. The van der Waals surface area contributed by atoms with Crippen molar-refractivity contribution in [3.8, 4) is 0 Å². The molecule has 0 aliphatic carbocycles. The fourth-order valence-electron chi connectivity index (χ4n) is 3.41. The first-order chi connectivity index (χ1) is 12.2. The third kappa shape index (κ3) is 3.90. The predicted octanol–water partition coefficient (Wildman–Crippen LogP) is 4.34. The Morgan fingerprint density at radius 2 is 1.76 bits per heavy atom. The van der Waals surface area contributed by atoms with E-state index in [1.54, 1.807) is 24.3 Å². The Balaban J connectivity index is 1.83. The number of piperidine rings is 1. The van der Waals surface area contributed by atoms with Gasteiger partial charge in [0.15, 0.2) is 0 Å². The van der Waals surface area contributed by atoms with Gasteiger partial charge in [0, 0.05) is 18.2 Å². The zero-order chi connectivity index (χ0) is 17.6. The van der Waals surface area contributed by atoms with Crippen molar-refractivity contribution in [2.45, 2.75) is 38.6 Å². The highest BCUT2D eigenvalue weighted by Crippen LogP contribution is 2.25. The minimum Gasteiger partial charge on any atom is -0.336 e. The average molecular weight is 336 g/mol. The van der Waals surface area contributed by atoms with E-state index in [1.165, 1.54) is 6.42 Å². The lowest BCUT2D eigenvalue weighted by Gasteiger charge is -2.35. The second kappa shape index (κ2) is 7.97. The second-order valence-corrected chi connectivity index (χ2v) is 6.42. The van der Waals surface area contributed by atoms with Gasteiger partial charge in [0.05, 0.1) is 11.3 Å². The molecule has 1 aliphatic rings. The van der Waals surface area contributed by atoms with Gasteiger partial charge in [-0.15, -0.1) is 0 Å². The van der Waals surface area contributed by atoms with Crippen molar-refractivity contribution >= 4 is 17.5 Å². The molecule has 0 bridgehead atoms. The molecule has 1 heterocycles. The van der Waals surface area contributed by atoms with Gasteiger partial charge in [0.1, 0.15) is 0 Å². The topological polar surface area (TPSA) is 49.4 Å². The van der Waals surface area contributed by atoms with Crippen LogP contribution in [0.25, 0.3) is 0 Å². The highest BCUT2D eigenvalue weighted by Gasteiger charge is 2.27. The monoisotopic (exact) mass is 336 g/mol. The van der Waals surface area contributed by atoms with Crippen LogP contribution in [0.3, 0.4) is 0 Å². The highest BCUT2D eigenvalue weighted by atomic mass is 16.2. The third-order valence-corrected chi connectivity index (χ3v) is 4.80. The molecule has 25 heavy (non-hydrogen) atoms. The summed E-state index contributed by atoms with van der Waals surface area (Å²) in [5, 5.41) is 2.89. The maximum atomic E-state index is 13.1. The first kappa shape index (κ1) is 17.2. The molecule has 0 radical (unpaired) electrons. The van der Waals surface area contributed by atoms with Crippen LogP contribution in [0.2, 0.25) is 0 Å². The van der Waals surface area contributed by atoms with Gasteiger partial charge in [0.2, 0.25) is 0 Å². The summed E-state index contributed by atoms with van der Waals surface area (Å²) < 4.78 is 0. The number of anilines is 1. The van der Waals surface area contributed by atoms with E-state index in [9.17, 15) is 9.59 Å². The van der Waals surface area contributed by atoms with E-state index in [-0.39, 0.29) is 11.8 Å². The van der Waals surface area contributed by atoms with Gasteiger partial charge in [-0.05, 0) is 49.9 Å². The van der Waals surface area contributed by atoms with Crippen molar-refractivity contribution in [1.29, 1.82) is 0 Å². The van der Waals surface area contributed by atoms with Crippen molar-refractivity contribution in [2.24, 2.45) is 0 Å². The summed E-state index contributed by atoms with van der Waals surface area (Å²) in [6, 6.07) is 16.6. The molecule has 0 spiro atoms. The van der Waals surface area contributed by atoms with Gasteiger partial charge in [-0.1, -0.05) is 37.3 Å². The minimum absolute atomic E-state index is 0.00973. The fourth-order valence-corrected chi connectivity index (χ4v) is 3.41. The Morgan fingerprint density at radius 1 is 1.04 bits per heavy atom. The first-order valence-corrected chi connectivity index (χ1v) is 8.97. The molecule has 1 saturated heterocycles. The molecule has 1 fully saturated rings. The molecular weight excluding hydrogens is 312 g/mol. The van der Waals surface area contributed by atoms with E-state index < -0.39 is 0 Å². The number of hydrogen-bond donors (Lipinski definition) is 1. The molecule has 1 unspecified atom stereocenters.